The number of hydrogen-bond donors (Lipinski definition) is 0. The number of esters is 1. The average molecular weight is 337 g/mol. The van der Waals surface area contributed by atoms with Gasteiger partial charge in [-0.25, -0.2) is 0 Å². The summed E-state index contributed by atoms with van der Waals surface area (Å²) in [6, 6.07) is 2.13. The van der Waals surface area contributed by atoms with Gasteiger partial charge in [-0.3, -0.25) is 9.59 Å². The molecule has 0 amide bonds. The number of ketones is 1. The van der Waals surface area contributed by atoms with E-state index >= 15 is 0 Å². The van der Waals surface area contributed by atoms with Crippen LogP contribution in [0.5, 0.6) is 0 Å². The van der Waals surface area contributed by atoms with Crippen molar-refractivity contribution in [2.75, 3.05) is 0 Å². The highest BCUT2D eigenvalue weighted by molar-refractivity contribution is 6.00. The summed E-state index contributed by atoms with van der Waals surface area (Å²) in [5.74, 6) is 1.77. The van der Waals surface area contributed by atoms with Crippen LogP contribution in [0.2, 0.25) is 0 Å². The van der Waals surface area contributed by atoms with Crippen LogP contribution in [0.15, 0.2) is 34.9 Å². The monoisotopic (exact) mass is 337 g/mol. The van der Waals surface area contributed by atoms with Crippen LogP contribution in [0.3, 0.4) is 0 Å². The molecule has 0 aliphatic heterocycles. The largest absolute Gasteiger partial charge is 0.457 e. The first-order valence-electron chi connectivity index (χ1n) is 8.39. The number of nitrogens with zero attached hydrogens (tertiary/aromatic N) is 1. The molecular formula is C21H23NO3. The summed E-state index contributed by atoms with van der Waals surface area (Å²) in [5, 5.41) is 9.16. The number of Topliss-reactive ketones (excluding diaryl/α,β-unsaturated/α-hetero) is 1. The fourth-order valence-corrected chi connectivity index (χ4v) is 3.48. The molecule has 130 valence electrons. The van der Waals surface area contributed by atoms with Gasteiger partial charge in [0.05, 0.1) is 18.4 Å². The first-order chi connectivity index (χ1) is 11.8. The van der Waals surface area contributed by atoms with Crippen molar-refractivity contribution in [3.05, 3.63) is 34.9 Å². The molecule has 0 bridgehead atoms. The lowest BCUT2D eigenvalue weighted by Gasteiger charge is -2.13. The maximum atomic E-state index is 12.6. The Morgan fingerprint density at radius 2 is 2.16 bits per heavy atom. The highest BCUT2D eigenvalue weighted by Crippen LogP contribution is 2.60. The van der Waals surface area contributed by atoms with E-state index in [0.29, 0.717) is 11.1 Å². The van der Waals surface area contributed by atoms with Crippen LogP contribution >= 0.6 is 0 Å². The van der Waals surface area contributed by atoms with Gasteiger partial charge in [0.25, 0.3) is 0 Å². The number of allylic oxidation sites excluding steroid dienone is 5. The molecule has 2 rings (SSSR count). The zero-order valence-corrected chi connectivity index (χ0v) is 15.1. The molecular weight excluding hydrogens is 314 g/mol. The van der Waals surface area contributed by atoms with E-state index in [9.17, 15) is 9.59 Å². The number of ether oxygens (including phenoxy) is 1. The van der Waals surface area contributed by atoms with Gasteiger partial charge in [0.15, 0.2) is 5.78 Å². The van der Waals surface area contributed by atoms with Crippen LogP contribution in [0.1, 0.15) is 40.5 Å². The van der Waals surface area contributed by atoms with Crippen LogP contribution in [-0.2, 0) is 14.3 Å². The average Bonchev–Trinajstić information content (AvgIpc) is 3.00. The van der Waals surface area contributed by atoms with Gasteiger partial charge in [0, 0.05) is 17.6 Å². The van der Waals surface area contributed by atoms with Gasteiger partial charge in [-0.1, -0.05) is 26.0 Å². The van der Waals surface area contributed by atoms with E-state index in [1.54, 1.807) is 19.1 Å². The van der Waals surface area contributed by atoms with E-state index in [0.717, 1.165) is 5.57 Å². The summed E-state index contributed by atoms with van der Waals surface area (Å²) in [7, 11) is 0. The highest BCUT2D eigenvalue weighted by Gasteiger charge is 2.62. The number of hydrogen-bond acceptors (Lipinski definition) is 4. The zero-order chi connectivity index (χ0) is 18.8. The van der Waals surface area contributed by atoms with E-state index in [4.69, 9.17) is 16.4 Å². The molecule has 0 N–H and O–H groups in total. The molecule has 2 aliphatic rings. The van der Waals surface area contributed by atoms with Crippen LogP contribution in [0.25, 0.3) is 0 Å². The van der Waals surface area contributed by atoms with Crippen molar-refractivity contribution < 1.29 is 14.3 Å². The first-order valence-corrected chi connectivity index (χ1v) is 8.39. The Kier molecular flexibility index (Phi) is 5.33. The Bertz CT molecular complexity index is 768. The molecule has 3 atom stereocenters. The van der Waals surface area contributed by atoms with Gasteiger partial charge in [0.2, 0.25) is 0 Å². The number of carbonyl (C=O) groups is 2. The summed E-state index contributed by atoms with van der Waals surface area (Å²) < 4.78 is 5.62. The van der Waals surface area contributed by atoms with Crippen molar-refractivity contribution in [3.8, 4) is 18.4 Å². The van der Waals surface area contributed by atoms with Crippen LogP contribution in [0, 0.1) is 40.9 Å². The standard InChI is InChI=1S/C21H23NO3/c1-6-8-14(12-22)10-16-19(21(16,4)5)20(24)25-18-11-17(23)15(9-7-2)13(18)3/h2,6,8,10,16,18-19H,9,11H2,1,3-5H3/b8-6+,14-10-/t16-,18+,19+/m1/s1. The van der Waals surface area contributed by atoms with E-state index in [2.05, 4.69) is 12.0 Å². The quantitative estimate of drug-likeness (QED) is 0.333. The minimum atomic E-state index is -0.518. The van der Waals surface area contributed by atoms with Crippen LogP contribution in [0.4, 0.5) is 0 Å². The normalized spacial score (nSPS) is 28.0. The van der Waals surface area contributed by atoms with Crippen LogP contribution < -0.4 is 0 Å². The zero-order valence-electron chi connectivity index (χ0n) is 15.1. The SMILES string of the molecule is C#CCC1=C(C)[C@@H](OC(=O)[C@@H]2[C@@H](/C=C(C#N)/C=C/C)C2(C)C)CC1=O. The highest BCUT2D eigenvalue weighted by atomic mass is 16.5. The fraction of sp³-hybridized carbons (Fsp3) is 0.476. The van der Waals surface area contributed by atoms with E-state index in [-0.39, 0.29) is 41.8 Å². The lowest BCUT2D eigenvalue weighted by molar-refractivity contribution is -0.150. The molecule has 1 saturated carbocycles. The Morgan fingerprint density at radius 1 is 1.48 bits per heavy atom. The molecule has 4 heteroatoms. The number of rotatable bonds is 5. The molecule has 0 aromatic carbocycles. The number of nitriles is 1. The lowest BCUT2D eigenvalue weighted by atomic mass is 10.1. The summed E-state index contributed by atoms with van der Waals surface area (Å²) in [5.41, 5.74) is 1.63. The minimum absolute atomic E-state index is 0.0420. The Hall–Kier alpha value is -2.59. The molecule has 0 spiro atoms. The minimum Gasteiger partial charge on any atom is -0.457 e. The number of carbonyl (C=O) groups excluding carboxylic acids is 2. The third-order valence-corrected chi connectivity index (χ3v) is 5.20. The van der Waals surface area contributed by atoms with E-state index < -0.39 is 6.10 Å². The topological polar surface area (TPSA) is 67.2 Å². The molecule has 0 unspecified atom stereocenters. The predicted octanol–water partition coefficient (Wildman–Crippen LogP) is 3.51. The summed E-state index contributed by atoms with van der Waals surface area (Å²) >= 11 is 0. The third kappa shape index (κ3) is 3.59. The van der Waals surface area contributed by atoms with Crippen molar-refractivity contribution in [1.29, 1.82) is 5.26 Å². The van der Waals surface area contributed by atoms with Crippen molar-refractivity contribution in [3.63, 3.8) is 0 Å². The maximum Gasteiger partial charge on any atom is 0.310 e. The van der Waals surface area contributed by atoms with Crippen LogP contribution in [-0.4, -0.2) is 17.9 Å². The summed E-state index contributed by atoms with van der Waals surface area (Å²) in [6.07, 6.45) is 10.6. The fourth-order valence-electron chi connectivity index (χ4n) is 3.48. The van der Waals surface area contributed by atoms with Gasteiger partial charge in [-0.05, 0) is 36.8 Å². The van der Waals surface area contributed by atoms with Gasteiger partial charge >= 0.3 is 5.97 Å². The number of terminal acetylenes is 1. The first kappa shape index (κ1) is 18.7. The van der Waals surface area contributed by atoms with Gasteiger partial charge < -0.3 is 4.74 Å². The van der Waals surface area contributed by atoms with Gasteiger partial charge in [-0.2, -0.15) is 5.26 Å². The molecule has 0 radical (unpaired) electrons. The van der Waals surface area contributed by atoms with E-state index in [1.165, 1.54) is 0 Å². The molecule has 0 aromatic rings. The summed E-state index contributed by atoms with van der Waals surface area (Å²) in [4.78, 5) is 24.6. The Morgan fingerprint density at radius 3 is 2.72 bits per heavy atom. The lowest BCUT2D eigenvalue weighted by Crippen LogP contribution is -2.20. The Balaban J connectivity index is 2.11. The molecule has 4 nitrogen and oxygen atoms in total. The molecule has 25 heavy (non-hydrogen) atoms. The maximum absolute atomic E-state index is 12.6. The second kappa shape index (κ2) is 7.11. The third-order valence-electron chi connectivity index (χ3n) is 5.20. The van der Waals surface area contributed by atoms with Crippen molar-refractivity contribution in [2.45, 2.75) is 46.6 Å². The molecule has 0 heterocycles. The smallest absolute Gasteiger partial charge is 0.310 e. The molecule has 0 saturated heterocycles. The molecule has 1 fully saturated rings. The van der Waals surface area contributed by atoms with E-state index in [1.807, 2.05) is 26.8 Å². The van der Waals surface area contributed by atoms with Crippen molar-refractivity contribution >= 4 is 11.8 Å². The summed E-state index contributed by atoms with van der Waals surface area (Å²) in [6.45, 7) is 7.60. The Labute approximate surface area is 149 Å². The van der Waals surface area contributed by atoms with Gasteiger partial charge in [0.1, 0.15) is 6.10 Å². The second-order valence-electron chi connectivity index (χ2n) is 7.15. The van der Waals surface area contributed by atoms with Gasteiger partial charge in [-0.15, -0.1) is 12.3 Å². The molecule has 2 aliphatic carbocycles. The second-order valence-corrected chi connectivity index (χ2v) is 7.15. The van der Waals surface area contributed by atoms with Crippen molar-refractivity contribution in [1.82, 2.24) is 0 Å². The molecule has 0 aromatic heterocycles. The van der Waals surface area contributed by atoms with Crippen molar-refractivity contribution in [2.24, 2.45) is 17.3 Å². The predicted molar refractivity (Wildman–Crippen MR) is 94.9 cm³/mol.